The molecule has 5 atom stereocenters. The molecular weight excluding hydrogens is 517 g/mol. The standard InChI is InChI=1S/C24H36F5N5O4/c1-21(2,3)16(33-20(38)24(27,28)29)19(37)32-15(8-13-10-23(13,25)26)18(36)31-14(11-30-6)7-12-9-22(4,5)34-17(12)35/h11-16H,7-10H2,1-6H3,(H,31,36)(H,32,37)(H,33,38)(H,34,35)/t12-,13?,14+,15+,16-/m1/s1. The van der Waals surface area contributed by atoms with Gasteiger partial charge in [-0.1, -0.05) is 20.8 Å². The zero-order valence-corrected chi connectivity index (χ0v) is 22.3. The number of halogens is 5. The number of hydrogen-bond donors (Lipinski definition) is 4. The van der Waals surface area contributed by atoms with Gasteiger partial charge < -0.3 is 21.3 Å². The van der Waals surface area contributed by atoms with Gasteiger partial charge in [0.1, 0.15) is 12.1 Å². The van der Waals surface area contributed by atoms with Crippen LogP contribution >= 0.6 is 0 Å². The summed E-state index contributed by atoms with van der Waals surface area (Å²) in [6.07, 6.45) is -4.22. The summed E-state index contributed by atoms with van der Waals surface area (Å²) in [5, 5.41) is 9.33. The summed E-state index contributed by atoms with van der Waals surface area (Å²) in [5.41, 5.74) is -1.66. The van der Waals surface area contributed by atoms with Gasteiger partial charge in [0.05, 0.1) is 6.04 Å². The molecule has 1 heterocycles. The second-order valence-electron chi connectivity index (χ2n) is 11.8. The molecule has 0 bridgehead atoms. The van der Waals surface area contributed by atoms with Crippen molar-refractivity contribution in [2.45, 2.75) is 96.1 Å². The Hall–Kier alpha value is -2.80. The van der Waals surface area contributed by atoms with Crippen molar-refractivity contribution in [3.8, 4) is 0 Å². The summed E-state index contributed by atoms with van der Waals surface area (Å²) >= 11 is 0. The van der Waals surface area contributed by atoms with Gasteiger partial charge in [-0.25, -0.2) is 8.78 Å². The third-order valence-electron chi connectivity index (χ3n) is 6.55. The third kappa shape index (κ3) is 8.62. The number of nitrogens with one attached hydrogen (secondary N) is 4. The van der Waals surface area contributed by atoms with E-state index in [0.717, 1.165) is 0 Å². The molecule has 1 unspecified atom stereocenters. The van der Waals surface area contributed by atoms with Gasteiger partial charge in [-0.05, 0) is 38.5 Å². The van der Waals surface area contributed by atoms with Crippen LogP contribution in [-0.2, 0) is 19.2 Å². The molecule has 0 spiro atoms. The number of rotatable bonds is 10. The first-order chi connectivity index (χ1) is 17.2. The number of aliphatic imine (C=N–C) groups is 1. The highest BCUT2D eigenvalue weighted by Crippen LogP contribution is 2.51. The Bertz CT molecular complexity index is 961. The average molecular weight is 554 g/mol. The summed E-state index contributed by atoms with van der Waals surface area (Å²) in [6, 6.07) is -4.03. The zero-order chi connectivity index (χ0) is 29.3. The van der Waals surface area contributed by atoms with Crippen LogP contribution in [0.3, 0.4) is 0 Å². The number of amides is 4. The Morgan fingerprint density at radius 2 is 1.63 bits per heavy atom. The van der Waals surface area contributed by atoms with Crippen molar-refractivity contribution in [2.24, 2.45) is 22.2 Å². The highest BCUT2D eigenvalue weighted by atomic mass is 19.4. The van der Waals surface area contributed by atoms with E-state index in [1.165, 1.54) is 34.0 Å². The molecule has 216 valence electrons. The molecule has 1 saturated carbocycles. The lowest BCUT2D eigenvalue weighted by Gasteiger charge is -2.32. The van der Waals surface area contributed by atoms with Crippen molar-refractivity contribution in [3.05, 3.63) is 0 Å². The predicted octanol–water partition coefficient (Wildman–Crippen LogP) is 2.10. The smallest absolute Gasteiger partial charge is 0.351 e. The predicted molar refractivity (Wildman–Crippen MR) is 128 cm³/mol. The first-order valence-corrected chi connectivity index (χ1v) is 12.3. The van der Waals surface area contributed by atoms with E-state index >= 15 is 0 Å². The fourth-order valence-electron chi connectivity index (χ4n) is 4.50. The fraction of sp³-hybridized carbons (Fsp3) is 0.792. The number of carbonyl (C=O) groups excluding carboxylic acids is 4. The van der Waals surface area contributed by atoms with Crippen molar-refractivity contribution >= 4 is 29.8 Å². The number of carbonyl (C=O) groups is 4. The molecule has 38 heavy (non-hydrogen) atoms. The molecule has 0 aromatic heterocycles. The number of hydrogen-bond acceptors (Lipinski definition) is 5. The van der Waals surface area contributed by atoms with Crippen LogP contribution in [0.4, 0.5) is 22.0 Å². The van der Waals surface area contributed by atoms with Crippen LogP contribution < -0.4 is 21.3 Å². The maximum Gasteiger partial charge on any atom is 0.471 e. The van der Waals surface area contributed by atoms with Crippen molar-refractivity contribution < 1.29 is 41.1 Å². The molecule has 14 heteroatoms. The summed E-state index contributed by atoms with van der Waals surface area (Å²) in [4.78, 5) is 53.9. The second kappa shape index (κ2) is 11.1. The Morgan fingerprint density at radius 3 is 2.05 bits per heavy atom. The quantitative estimate of drug-likeness (QED) is 0.244. The van der Waals surface area contributed by atoms with Gasteiger partial charge in [0.15, 0.2) is 0 Å². The van der Waals surface area contributed by atoms with Crippen LogP contribution in [0.5, 0.6) is 0 Å². The van der Waals surface area contributed by atoms with E-state index in [1.807, 2.05) is 13.8 Å². The summed E-state index contributed by atoms with van der Waals surface area (Å²) in [5.74, 6) is -9.26. The maximum atomic E-state index is 13.7. The van der Waals surface area contributed by atoms with Crippen LogP contribution in [0.1, 0.15) is 60.3 Å². The normalized spacial score (nSPS) is 24.8. The molecular formula is C24H36F5N5O4. The van der Waals surface area contributed by atoms with Crippen LogP contribution in [0.25, 0.3) is 0 Å². The first kappa shape index (κ1) is 31.4. The molecule has 4 N–H and O–H groups in total. The van der Waals surface area contributed by atoms with Crippen molar-refractivity contribution in [1.82, 2.24) is 21.3 Å². The molecule has 1 aliphatic carbocycles. The van der Waals surface area contributed by atoms with E-state index in [2.05, 4.69) is 20.9 Å². The van der Waals surface area contributed by atoms with Gasteiger partial charge in [0.25, 0.3) is 5.92 Å². The minimum absolute atomic E-state index is 0.158. The monoisotopic (exact) mass is 553 g/mol. The molecule has 2 rings (SSSR count). The Labute approximate surface area is 218 Å². The van der Waals surface area contributed by atoms with Crippen LogP contribution in [0, 0.1) is 17.3 Å². The van der Waals surface area contributed by atoms with E-state index in [0.29, 0.717) is 6.42 Å². The van der Waals surface area contributed by atoms with E-state index < -0.39 is 83.6 Å². The highest BCUT2D eigenvalue weighted by Gasteiger charge is 2.58. The lowest BCUT2D eigenvalue weighted by molar-refractivity contribution is -0.175. The molecule has 2 aliphatic rings. The molecule has 0 aromatic rings. The molecule has 0 radical (unpaired) electrons. The lowest BCUT2D eigenvalue weighted by Crippen LogP contribution is -2.60. The summed E-state index contributed by atoms with van der Waals surface area (Å²) < 4.78 is 65.9. The van der Waals surface area contributed by atoms with Gasteiger partial charge in [-0.3, -0.25) is 24.2 Å². The zero-order valence-electron chi connectivity index (χ0n) is 22.3. The Balaban J connectivity index is 2.21. The Morgan fingerprint density at radius 1 is 1.05 bits per heavy atom. The maximum absolute atomic E-state index is 13.7. The molecule has 0 aromatic carbocycles. The first-order valence-electron chi connectivity index (χ1n) is 12.3. The van der Waals surface area contributed by atoms with Gasteiger partial charge in [0.2, 0.25) is 17.7 Å². The number of alkyl halides is 5. The van der Waals surface area contributed by atoms with Crippen LogP contribution in [0.15, 0.2) is 4.99 Å². The van der Waals surface area contributed by atoms with E-state index in [9.17, 15) is 41.1 Å². The van der Waals surface area contributed by atoms with Gasteiger partial charge in [-0.15, -0.1) is 0 Å². The average Bonchev–Trinajstić information content (AvgIpc) is 3.23. The molecule has 1 aliphatic heterocycles. The van der Waals surface area contributed by atoms with Gasteiger partial charge in [-0.2, -0.15) is 13.2 Å². The molecule has 2 fully saturated rings. The fourth-order valence-corrected chi connectivity index (χ4v) is 4.50. The van der Waals surface area contributed by atoms with E-state index in [4.69, 9.17) is 0 Å². The van der Waals surface area contributed by atoms with Gasteiger partial charge in [0, 0.05) is 37.1 Å². The molecule has 4 amide bonds. The largest absolute Gasteiger partial charge is 0.471 e. The second-order valence-corrected chi connectivity index (χ2v) is 11.8. The van der Waals surface area contributed by atoms with Crippen LogP contribution in [-0.4, -0.2) is 72.7 Å². The van der Waals surface area contributed by atoms with Gasteiger partial charge >= 0.3 is 12.1 Å². The van der Waals surface area contributed by atoms with E-state index in [1.54, 1.807) is 5.32 Å². The molecule has 1 saturated heterocycles. The lowest BCUT2D eigenvalue weighted by atomic mass is 9.85. The topological polar surface area (TPSA) is 129 Å². The minimum Gasteiger partial charge on any atom is -0.351 e. The molecule has 9 nitrogen and oxygen atoms in total. The SMILES string of the molecule is CN=C[C@H](C[C@@H]1CC(C)(C)NC1=O)NC(=O)[C@H](CC1CC1(F)F)NC(=O)[C@@H](NC(=O)C(F)(F)F)C(C)(C)C. The van der Waals surface area contributed by atoms with Crippen molar-refractivity contribution in [3.63, 3.8) is 0 Å². The van der Waals surface area contributed by atoms with Crippen molar-refractivity contribution in [2.75, 3.05) is 7.05 Å². The number of nitrogens with zero attached hydrogens (tertiary/aromatic N) is 1. The summed E-state index contributed by atoms with van der Waals surface area (Å²) in [7, 11) is 1.44. The van der Waals surface area contributed by atoms with E-state index in [-0.39, 0.29) is 12.3 Å². The summed E-state index contributed by atoms with van der Waals surface area (Å²) in [6.45, 7) is 7.90. The van der Waals surface area contributed by atoms with Crippen LogP contribution in [0.2, 0.25) is 0 Å². The Kier molecular flexibility index (Phi) is 9.20. The van der Waals surface area contributed by atoms with Crippen molar-refractivity contribution in [1.29, 1.82) is 0 Å². The minimum atomic E-state index is -5.26. The third-order valence-corrected chi connectivity index (χ3v) is 6.55. The highest BCUT2D eigenvalue weighted by molar-refractivity contribution is 5.94.